The minimum absolute atomic E-state index is 0.0406. The maximum atomic E-state index is 13.1. The van der Waals surface area contributed by atoms with Crippen LogP contribution in [0.3, 0.4) is 0 Å². The van der Waals surface area contributed by atoms with Crippen LogP contribution >= 0.6 is 11.8 Å². The summed E-state index contributed by atoms with van der Waals surface area (Å²) in [6, 6.07) is 9.90. The average Bonchev–Trinajstić information content (AvgIpc) is 2.82. The van der Waals surface area contributed by atoms with Crippen LogP contribution in [0.15, 0.2) is 47.5 Å². The van der Waals surface area contributed by atoms with Gasteiger partial charge in [0.05, 0.1) is 30.7 Å². The highest BCUT2D eigenvalue weighted by Crippen LogP contribution is 2.34. The number of aliphatic imine (C=N–C) groups is 1. The van der Waals surface area contributed by atoms with Crippen LogP contribution in [-0.4, -0.2) is 54.9 Å². The first-order valence-corrected chi connectivity index (χ1v) is 11.2. The van der Waals surface area contributed by atoms with E-state index in [1.54, 1.807) is 12.1 Å². The van der Waals surface area contributed by atoms with Crippen molar-refractivity contribution >= 4 is 34.4 Å². The molecule has 1 aliphatic heterocycles. The first-order chi connectivity index (χ1) is 16.2. The zero-order valence-electron chi connectivity index (χ0n) is 18.8. The summed E-state index contributed by atoms with van der Waals surface area (Å²) >= 11 is 1.05. The molecule has 1 unspecified atom stereocenters. The number of nitrogens with zero attached hydrogens (tertiary/aromatic N) is 2. The zero-order chi connectivity index (χ0) is 24.9. The van der Waals surface area contributed by atoms with Crippen molar-refractivity contribution in [2.45, 2.75) is 24.3 Å². The first-order valence-electron chi connectivity index (χ1n) is 10.3. The number of methoxy groups -OCH3 is 2. The Bertz CT molecular complexity index is 1090. The second-order valence-electron chi connectivity index (χ2n) is 7.35. The van der Waals surface area contributed by atoms with Crippen LogP contribution in [0.2, 0.25) is 0 Å². The van der Waals surface area contributed by atoms with Crippen LogP contribution < -0.4 is 14.8 Å². The van der Waals surface area contributed by atoms with E-state index in [-0.39, 0.29) is 35.6 Å². The molecule has 11 heteroatoms. The summed E-state index contributed by atoms with van der Waals surface area (Å²) in [7, 11) is 4.51. The molecule has 1 heterocycles. The summed E-state index contributed by atoms with van der Waals surface area (Å²) in [6.45, 7) is 0.222. The molecule has 0 saturated carbocycles. The van der Waals surface area contributed by atoms with Crippen molar-refractivity contribution in [3.8, 4) is 11.5 Å². The quantitative estimate of drug-likeness (QED) is 0.628. The fourth-order valence-electron chi connectivity index (χ4n) is 3.36. The third-order valence-electron chi connectivity index (χ3n) is 5.15. The molecule has 2 aromatic rings. The van der Waals surface area contributed by atoms with E-state index in [4.69, 9.17) is 9.47 Å². The molecular formula is C23H24F3N3O4S. The molecular weight excluding hydrogens is 471 g/mol. The lowest BCUT2D eigenvalue weighted by Gasteiger charge is -2.31. The monoisotopic (exact) mass is 495 g/mol. The normalized spacial score (nSPS) is 17.6. The van der Waals surface area contributed by atoms with Crippen LogP contribution in [0.5, 0.6) is 11.5 Å². The van der Waals surface area contributed by atoms with Crippen LogP contribution in [0.4, 0.5) is 18.9 Å². The molecule has 2 aromatic carbocycles. The lowest BCUT2D eigenvalue weighted by atomic mass is 10.1. The van der Waals surface area contributed by atoms with Crippen molar-refractivity contribution in [1.82, 2.24) is 10.2 Å². The lowest BCUT2D eigenvalue weighted by molar-refractivity contribution is -0.137. The number of hydrogen-bond acceptors (Lipinski definition) is 6. The topological polar surface area (TPSA) is 80.2 Å². The Kier molecular flexibility index (Phi) is 8.08. The van der Waals surface area contributed by atoms with Crippen LogP contribution in [0.1, 0.15) is 17.5 Å². The van der Waals surface area contributed by atoms with Crippen molar-refractivity contribution in [3.63, 3.8) is 0 Å². The van der Waals surface area contributed by atoms with Gasteiger partial charge in [0.25, 0.3) is 0 Å². The van der Waals surface area contributed by atoms with Gasteiger partial charge in [-0.2, -0.15) is 13.2 Å². The van der Waals surface area contributed by atoms with Crippen molar-refractivity contribution in [3.05, 3.63) is 53.6 Å². The van der Waals surface area contributed by atoms with Crippen LogP contribution in [0.25, 0.3) is 0 Å². The van der Waals surface area contributed by atoms with E-state index < -0.39 is 17.0 Å². The van der Waals surface area contributed by atoms with Crippen LogP contribution in [-0.2, 0) is 22.2 Å². The molecule has 0 aliphatic carbocycles. The fourth-order valence-corrected chi connectivity index (χ4v) is 4.55. The standard InChI is InChI=1S/C23H24F3N3O4S/c1-27-21(31)19-13-20(30)29(10-9-14-7-8-17(32-2)18(11-14)33-3)22(34-19)28-16-6-4-5-15(12-16)23(24,25)26/h4-8,11-12,19H,9-10,13H2,1-3H3,(H,27,31). The van der Waals surface area contributed by atoms with Gasteiger partial charge in [-0.05, 0) is 42.3 Å². The number of carbonyl (C=O) groups is 2. The molecule has 0 spiro atoms. The molecule has 34 heavy (non-hydrogen) atoms. The number of nitrogens with one attached hydrogen (secondary N) is 1. The number of hydrogen-bond donors (Lipinski definition) is 1. The number of alkyl halides is 3. The van der Waals surface area contributed by atoms with Crippen LogP contribution in [0, 0.1) is 0 Å². The SMILES string of the molecule is CNC(=O)C1CC(=O)N(CCc2ccc(OC)c(OC)c2)C(=Nc2cccc(C(F)(F)F)c2)S1. The molecule has 0 radical (unpaired) electrons. The Labute approximate surface area is 199 Å². The number of amides is 2. The molecule has 1 atom stereocenters. The molecule has 182 valence electrons. The number of thioether (sulfide) groups is 1. The molecule has 3 rings (SSSR count). The summed E-state index contributed by atoms with van der Waals surface area (Å²) in [5, 5.41) is 1.95. The van der Waals surface area contributed by atoms with E-state index in [0.717, 1.165) is 29.5 Å². The third-order valence-corrected chi connectivity index (χ3v) is 6.34. The van der Waals surface area contributed by atoms with Gasteiger partial charge in [0, 0.05) is 20.0 Å². The van der Waals surface area contributed by atoms with Gasteiger partial charge in [0.2, 0.25) is 11.8 Å². The number of benzene rings is 2. The smallest absolute Gasteiger partial charge is 0.416 e. The Morgan fingerprint density at radius 1 is 1.18 bits per heavy atom. The Morgan fingerprint density at radius 3 is 2.56 bits per heavy atom. The Hall–Kier alpha value is -3.21. The maximum Gasteiger partial charge on any atom is 0.416 e. The van der Waals surface area contributed by atoms with Gasteiger partial charge >= 0.3 is 6.18 Å². The number of carbonyl (C=O) groups excluding carboxylic acids is 2. The highest BCUT2D eigenvalue weighted by atomic mass is 32.2. The van der Waals surface area contributed by atoms with Gasteiger partial charge in [-0.3, -0.25) is 14.5 Å². The predicted octanol–water partition coefficient (Wildman–Crippen LogP) is 4.03. The molecule has 0 bridgehead atoms. The lowest BCUT2D eigenvalue weighted by Crippen LogP contribution is -2.46. The Balaban J connectivity index is 1.90. The summed E-state index contributed by atoms with van der Waals surface area (Å²) in [6.07, 6.45) is -4.14. The molecule has 1 aliphatic rings. The number of amidine groups is 1. The highest BCUT2D eigenvalue weighted by molar-refractivity contribution is 8.15. The third kappa shape index (κ3) is 6.02. The van der Waals surface area contributed by atoms with E-state index in [9.17, 15) is 22.8 Å². The van der Waals surface area contributed by atoms with Gasteiger partial charge in [-0.25, -0.2) is 4.99 Å². The van der Waals surface area contributed by atoms with Gasteiger partial charge in [-0.1, -0.05) is 23.9 Å². The minimum Gasteiger partial charge on any atom is -0.493 e. The highest BCUT2D eigenvalue weighted by Gasteiger charge is 2.36. The largest absolute Gasteiger partial charge is 0.493 e. The molecule has 1 fully saturated rings. The zero-order valence-corrected chi connectivity index (χ0v) is 19.6. The maximum absolute atomic E-state index is 13.1. The molecule has 7 nitrogen and oxygen atoms in total. The van der Waals surface area contributed by atoms with E-state index >= 15 is 0 Å². The number of ether oxygens (including phenoxy) is 2. The fraction of sp³-hybridized carbons (Fsp3) is 0.348. The van der Waals surface area contributed by atoms with E-state index in [1.165, 1.54) is 38.3 Å². The number of halogens is 3. The first kappa shape index (κ1) is 25.4. The van der Waals surface area contributed by atoms with E-state index in [0.29, 0.717) is 17.9 Å². The van der Waals surface area contributed by atoms with Crippen molar-refractivity contribution in [1.29, 1.82) is 0 Å². The van der Waals surface area contributed by atoms with Crippen molar-refractivity contribution in [2.24, 2.45) is 4.99 Å². The van der Waals surface area contributed by atoms with Gasteiger partial charge < -0.3 is 14.8 Å². The molecule has 1 saturated heterocycles. The molecule has 2 amide bonds. The summed E-state index contributed by atoms with van der Waals surface area (Å²) in [5.41, 5.74) is 0.0577. The molecule has 0 aromatic heterocycles. The summed E-state index contributed by atoms with van der Waals surface area (Å²) in [4.78, 5) is 30.8. The van der Waals surface area contributed by atoms with E-state index in [1.807, 2.05) is 6.07 Å². The minimum atomic E-state index is -4.52. The second kappa shape index (κ2) is 10.8. The number of rotatable bonds is 7. The van der Waals surface area contributed by atoms with Gasteiger partial charge in [0.1, 0.15) is 0 Å². The van der Waals surface area contributed by atoms with Gasteiger partial charge in [-0.15, -0.1) is 0 Å². The van der Waals surface area contributed by atoms with Crippen molar-refractivity contribution in [2.75, 3.05) is 27.8 Å². The summed E-state index contributed by atoms with van der Waals surface area (Å²) < 4.78 is 49.9. The van der Waals surface area contributed by atoms with E-state index in [2.05, 4.69) is 10.3 Å². The van der Waals surface area contributed by atoms with Crippen molar-refractivity contribution < 1.29 is 32.2 Å². The molecule has 1 N–H and O–H groups in total. The second-order valence-corrected chi connectivity index (χ2v) is 8.52. The summed E-state index contributed by atoms with van der Waals surface area (Å²) in [5.74, 6) is 0.418. The van der Waals surface area contributed by atoms with Gasteiger partial charge in [0.15, 0.2) is 16.7 Å². The predicted molar refractivity (Wildman–Crippen MR) is 124 cm³/mol. The Morgan fingerprint density at radius 2 is 1.91 bits per heavy atom. The average molecular weight is 496 g/mol.